The second-order valence-corrected chi connectivity index (χ2v) is 8.26. The van der Waals surface area contributed by atoms with Crippen LogP contribution in [0.3, 0.4) is 0 Å². The van der Waals surface area contributed by atoms with Gasteiger partial charge in [-0.2, -0.15) is 5.10 Å². The first-order valence-electron chi connectivity index (χ1n) is 10.4. The molecular weight excluding hydrogens is 391 g/mol. The van der Waals surface area contributed by atoms with Crippen LogP contribution >= 0.6 is 12.4 Å². The fourth-order valence-electron chi connectivity index (χ4n) is 4.68. The van der Waals surface area contributed by atoms with Crippen LogP contribution in [0.25, 0.3) is 11.3 Å². The average Bonchev–Trinajstić information content (AvgIpc) is 3.34. The van der Waals surface area contributed by atoms with E-state index >= 15 is 0 Å². The Kier molecular flexibility index (Phi) is 7.30. The Hall–Kier alpha value is -1.92. The minimum absolute atomic E-state index is 0. The molecule has 1 saturated heterocycles. The summed E-state index contributed by atoms with van der Waals surface area (Å²) in [6.45, 7) is 0.723. The van der Waals surface area contributed by atoms with Crippen molar-refractivity contribution in [2.45, 2.75) is 57.0 Å². The van der Waals surface area contributed by atoms with E-state index in [0.29, 0.717) is 12.0 Å². The number of nitrogens with one attached hydrogen (secondary N) is 2. The lowest BCUT2D eigenvalue weighted by atomic mass is 9.85. The van der Waals surface area contributed by atoms with Crippen molar-refractivity contribution in [3.05, 3.63) is 41.8 Å². The highest BCUT2D eigenvalue weighted by molar-refractivity contribution is 5.85. The van der Waals surface area contributed by atoms with Gasteiger partial charge in [0.2, 0.25) is 5.91 Å². The third-order valence-corrected chi connectivity index (χ3v) is 6.23. The molecule has 0 spiro atoms. The van der Waals surface area contributed by atoms with E-state index in [4.69, 9.17) is 0 Å². The molecule has 2 N–H and O–H groups in total. The summed E-state index contributed by atoms with van der Waals surface area (Å²) < 4.78 is 13.4. The van der Waals surface area contributed by atoms with Crippen LogP contribution in [-0.2, 0) is 11.2 Å². The van der Waals surface area contributed by atoms with Gasteiger partial charge >= 0.3 is 0 Å². The Morgan fingerprint density at radius 2 is 2.10 bits per heavy atom. The molecule has 2 aromatic rings. The van der Waals surface area contributed by atoms with E-state index < -0.39 is 0 Å². The molecule has 3 atom stereocenters. The summed E-state index contributed by atoms with van der Waals surface area (Å²) in [4.78, 5) is 14.6. The minimum atomic E-state index is -0.262. The summed E-state index contributed by atoms with van der Waals surface area (Å²) in [5.74, 6) is 0.643. The van der Waals surface area contributed by atoms with Crippen molar-refractivity contribution in [1.82, 2.24) is 20.4 Å². The summed E-state index contributed by atoms with van der Waals surface area (Å²) in [6.07, 6.45) is 7.74. The van der Waals surface area contributed by atoms with Gasteiger partial charge in [0.15, 0.2) is 0 Å². The van der Waals surface area contributed by atoms with E-state index in [1.54, 1.807) is 6.07 Å². The molecule has 2 heterocycles. The van der Waals surface area contributed by atoms with Gasteiger partial charge in [-0.15, -0.1) is 12.4 Å². The molecule has 3 unspecified atom stereocenters. The Labute approximate surface area is 177 Å². The lowest BCUT2D eigenvalue weighted by Crippen LogP contribution is -2.44. The molecule has 2 fully saturated rings. The number of carbonyl (C=O) groups excluding carboxylic acids is 1. The fourth-order valence-corrected chi connectivity index (χ4v) is 4.68. The van der Waals surface area contributed by atoms with Gasteiger partial charge in [0.25, 0.3) is 0 Å². The molecule has 7 heteroatoms. The van der Waals surface area contributed by atoms with Crippen LogP contribution in [0.4, 0.5) is 4.39 Å². The molecule has 2 aliphatic rings. The van der Waals surface area contributed by atoms with Gasteiger partial charge in [0.05, 0.1) is 11.7 Å². The molecule has 1 saturated carbocycles. The smallest absolute Gasteiger partial charge is 0.239 e. The van der Waals surface area contributed by atoms with E-state index in [9.17, 15) is 9.18 Å². The first kappa shape index (κ1) is 21.8. The summed E-state index contributed by atoms with van der Waals surface area (Å²) in [7, 11) is 1.90. The highest BCUT2D eigenvalue weighted by atomic mass is 35.5. The van der Waals surface area contributed by atoms with Crippen LogP contribution in [0.1, 0.15) is 44.2 Å². The number of hydrogen-bond donors (Lipinski definition) is 2. The summed E-state index contributed by atoms with van der Waals surface area (Å²) in [5.41, 5.74) is 2.52. The molecule has 1 aliphatic heterocycles. The van der Waals surface area contributed by atoms with E-state index in [1.807, 2.05) is 24.1 Å². The van der Waals surface area contributed by atoms with Crippen LogP contribution < -0.4 is 5.32 Å². The molecule has 1 aromatic carbocycles. The molecule has 5 nitrogen and oxygen atoms in total. The zero-order chi connectivity index (χ0) is 19.5. The number of benzene rings is 1. The van der Waals surface area contributed by atoms with E-state index in [2.05, 4.69) is 15.5 Å². The number of aryl methyl sites for hydroxylation is 1. The normalized spacial score (nSPS) is 23.3. The van der Waals surface area contributed by atoms with Gasteiger partial charge in [0.1, 0.15) is 5.82 Å². The van der Waals surface area contributed by atoms with Gasteiger partial charge in [-0.25, -0.2) is 4.39 Å². The summed E-state index contributed by atoms with van der Waals surface area (Å²) in [5, 5.41) is 10.9. The Balaban J connectivity index is 0.00000240. The number of H-pyrrole nitrogens is 1. The number of carbonyl (C=O) groups is 1. The third-order valence-electron chi connectivity index (χ3n) is 6.23. The standard InChI is InChI=1S/C22H29FN4O.ClH/c1-27(22(28)21-13-16-6-2-3-10-19(16)24-21)11-5-9-18-14-20(26-25-18)15-7-4-8-17(23)12-15;/h4,7-8,12,14,16,19,21,24H,2-3,5-6,9-11,13H2,1H3,(H,25,26);1H. The third kappa shape index (κ3) is 5.17. The largest absolute Gasteiger partial charge is 0.344 e. The van der Waals surface area contributed by atoms with Crippen LogP contribution in [0, 0.1) is 11.7 Å². The molecule has 1 aromatic heterocycles. The number of halogens is 2. The number of aromatic nitrogens is 2. The lowest BCUT2D eigenvalue weighted by molar-refractivity contribution is -0.131. The van der Waals surface area contributed by atoms with Crippen LogP contribution in [0.15, 0.2) is 30.3 Å². The van der Waals surface area contributed by atoms with Crippen molar-refractivity contribution in [1.29, 1.82) is 0 Å². The van der Waals surface area contributed by atoms with E-state index in [1.165, 1.54) is 37.8 Å². The molecule has 0 radical (unpaired) electrons. The van der Waals surface area contributed by atoms with Crippen LogP contribution in [0.5, 0.6) is 0 Å². The Bertz CT molecular complexity index is 813. The molecule has 0 bridgehead atoms. The van der Waals surface area contributed by atoms with Gasteiger partial charge in [-0.3, -0.25) is 9.89 Å². The SMILES string of the molecule is CN(CCCc1cc(-c2cccc(F)c2)n[nH]1)C(=O)C1CC2CCCCC2N1.Cl. The summed E-state index contributed by atoms with van der Waals surface area (Å²) >= 11 is 0. The lowest BCUT2D eigenvalue weighted by Gasteiger charge is -2.24. The van der Waals surface area contributed by atoms with Crippen molar-refractivity contribution < 1.29 is 9.18 Å². The van der Waals surface area contributed by atoms with Crippen molar-refractivity contribution >= 4 is 18.3 Å². The first-order chi connectivity index (χ1) is 13.6. The molecule has 158 valence electrons. The Morgan fingerprint density at radius 3 is 2.90 bits per heavy atom. The zero-order valence-corrected chi connectivity index (χ0v) is 17.7. The van der Waals surface area contributed by atoms with Gasteiger partial charge < -0.3 is 10.2 Å². The van der Waals surface area contributed by atoms with Crippen molar-refractivity contribution in [2.24, 2.45) is 5.92 Å². The second kappa shape index (κ2) is 9.72. The predicted molar refractivity (Wildman–Crippen MR) is 114 cm³/mol. The highest BCUT2D eigenvalue weighted by Gasteiger charge is 2.38. The molecule has 29 heavy (non-hydrogen) atoms. The van der Waals surface area contributed by atoms with E-state index in [0.717, 1.165) is 42.8 Å². The van der Waals surface area contributed by atoms with Gasteiger partial charge in [0, 0.05) is 30.9 Å². The maximum Gasteiger partial charge on any atom is 0.239 e. The minimum Gasteiger partial charge on any atom is -0.344 e. The van der Waals surface area contributed by atoms with Crippen molar-refractivity contribution in [3.63, 3.8) is 0 Å². The maximum absolute atomic E-state index is 13.4. The van der Waals surface area contributed by atoms with Crippen molar-refractivity contribution in [3.8, 4) is 11.3 Å². The number of hydrogen-bond acceptors (Lipinski definition) is 3. The zero-order valence-electron chi connectivity index (χ0n) is 16.9. The first-order valence-corrected chi connectivity index (χ1v) is 10.4. The number of fused-ring (bicyclic) bond motifs is 1. The monoisotopic (exact) mass is 420 g/mol. The molecule has 1 aliphatic carbocycles. The highest BCUT2D eigenvalue weighted by Crippen LogP contribution is 2.33. The Morgan fingerprint density at radius 1 is 1.28 bits per heavy atom. The van der Waals surface area contributed by atoms with Crippen LogP contribution in [-0.4, -0.2) is 46.7 Å². The topological polar surface area (TPSA) is 61.0 Å². The van der Waals surface area contributed by atoms with E-state index in [-0.39, 0.29) is 30.2 Å². The summed E-state index contributed by atoms with van der Waals surface area (Å²) in [6, 6.07) is 8.94. The molecule has 4 rings (SSSR count). The predicted octanol–water partition coefficient (Wildman–Crippen LogP) is 3.95. The number of nitrogens with zero attached hydrogens (tertiary/aromatic N) is 2. The van der Waals surface area contributed by atoms with Crippen LogP contribution in [0.2, 0.25) is 0 Å². The second-order valence-electron chi connectivity index (χ2n) is 8.26. The number of aromatic amines is 1. The average molecular weight is 421 g/mol. The number of likely N-dealkylation sites (N-methyl/N-ethyl adjacent to an activating group) is 1. The van der Waals surface area contributed by atoms with Gasteiger partial charge in [-0.05, 0) is 56.2 Å². The number of rotatable bonds is 6. The molecular formula is C22H30ClFN4O. The molecule has 1 amide bonds. The van der Waals surface area contributed by atoms with Gasteiger partial charge in [-0.1, -0.05) is 25.0 Å². The maximum atomic E-state index is 13.4. The fraction of sp³-hybridized carbons (Fsp3) is 0.545. The quantitative estimate of drug-likeness (QED) is 0.743. The van der Waals surface area contributed by atoms with Crippen molar-refractivity contribution in [2.75, 3.05) is 13.6 Å². The number of amides is 1.